The van der Waals surface area contributed by atoms with Gasteiger partial charge in [-0.2, -0.15) is 0 Å². The Hall–Kier alpha value is -1.84. The summed E-state index contributed by atoms with van der Waals surface area (Å²) in [7, 11) is 3.83. The van der Waals surface area contributed by atoms with Crippen molar-refractivity contribution in [1.29, 1.82) is 0 Å². The molecule has 0 radical (unpaired) electrons. The van der Waals surface area contributed by atoms with Crippen LogP contribution in [0.25, 0.3) is 0 Å². The molecule has 0 aliphatic rings. The third-order valence-corrected chi connectivity index (χ3v) is 4.61. The van der Waals surface area contributed by atoms with E-state index in [0.717, 1.165) is 43.5 Å². The van der Waals surface area contributed by atoms with E-state index in [1.165, 1.54) is 11.1 Å². The van der Waals surface area contributed by atoms with Crippen LogP contribution in [-0.4, -0.2) is 51.3 Å². The molecule has 0 heterocycles. The topological polar surface area (TPSA) is 58.1 Å². The second-order valence-electron chi connectivity index (χ2n) is 7.19. The summed E-state index contributed by atoms with van der Waals surface area (Å²) < 4.78 is 10.8. The molecule has 31 heavy (non-hydrogen) atoms. The Morgan fingerprint density at radius 2 is 1.81 bits per heavy atom. The number of rotatable bonds is 12. The molecule has 0 aliphatic carbocycles. The van der Waals surface area contributed by atoms with Crippen molar-refractivity contribution < 1.29 is 9.47 Å². The van der Waals surface area contributed by atoms with Crippen LogP contribution < -0.4 is 15.4 Å². The number of hydrogen-bond acceptors (Lipinski definition) is 4. The van der Waals surface area contributed by atoms with E-state index < -0.39 is 0 Å². The van der Waals surface area contributed by atoms with E-state index in [2.05, 4.69) is 60.7 Å². The molecule has 2 N–H and O–H groups in total. The zero-order valence-electron chi connectivity index (χ0n) is 19.2. The first-order valence-electron chi connectivity index (χ1n) is 10.7. The second-order valence-corrected chi connectivity index (χ2v) is 7.19. The second kappa shape index (κ2) is 15.9. The Morgan fingerprint density at radius 3 is 2.55 bits per heavy atom. The minimum absolute atomic E-state index is 0. The number of nitrogens with one attached hydrogen (secondary N) is 2. The minimum atomic E-state index is 0. The van der Waals surface area contributed by atoms with Crippen molar-refractivity contribution in [3.8, 4) is 5.75 Å². The van der Waals surface area contributed by atoms with Crippen LogP contribution in [0.4, 0.5) is 5.69 Å². The molecule has 0 bridgehead atoms. The predicted molar refractivity (Wildman–Crippen MR) is 141 cm³/mol. The number of methoxy groups -OCH3 is 1. The summed E-state index contributed by atoms with van der Waals surface area (Å²) in [5.41, 5.74) is 3.45. The van der Waals surface area contributed by atoms with Crippen molar-refractivity contribution in [3.63, 3.8) is 0 Å². The summed E-state index contributed by atoms with van der Waals surface area (Å²) in [6.45, 7) is 8.96. The Labute approximate surface area is 204 Å². The van der Waals surface area contributed by atoms with E-state index in [0.29, 0.717) is 19.8 Å². The van der Waals surface area contributed by atoms with Crippen LogP contribution in [0.1, 0.15) is 31.4 Å². The Balaban J connectivity index is 0.00000480. The molecule has 0 saturated heterocycles. The lowest BCUT2D eigenvalue weighted by Gasteiger charge is -2.15. The Bertz CT molecular complexity index is 786. The summed E-state index contributed by atoms with van der Waals surface area (Å²) >= 11 is 0. The van der Waals surface area contributed by atoms with Gasteiger partial charge in [-0.3, -0.25) is 0 Å². The highest BCUT2D eigenvalue weighted by Gasteiger charge is 2.03. The van der Waals surface area contributed by atoms with Crippen LogP contribution in [0.5, 0.6) is 5.75 Å². The molecular weight excluding hydrogens is 503 g/mol. The fourth-order valence-electron chi connectivity index (χ4n) is 2.92. The first-order valence-corrected chi connectivity index (χ1v) is 10.7. The van der Waals surface area contributed by atoms with E-state index in [4.69, 9.17) is 14.5 Å². The molecule has 0 aromatic heterocycles. The molecule has 0 spiro atoms. The monoisotopic (exact) mass is 540 g/mol. The van der Waals surface area contributed by atoms with Crippen molar-refractivity contribution in [2.75, 3.05) is 45.8 Å². The number of benzene rings is 2. The summed E-state index contributed by atoms with van der Waals surface area (Å²) in [5.74, 6) is 1.59. The van der Waals surface area contributed by atoms with Crippen LogP contribution >= 0.6 is 24.0 Å². The molecule has 172 valence electrons. The molecule has 0 fully saturated rings. The third-order valence-electron chi connectivity index (χ3n) is 4.61. The lowest BCUT2D eigenvalue weighted by atomic mass is 10.1. The van der Waals surface area contributed by atoms with Crippen LogP contribution in [-0.2, 0) is 17.8 Å². The largest absolute Gasteiger partial charge is 0.493 e. The molecule has 2 rings (SSSR count). The van der Waals surface area contributed by atoms with Gasteiger partial charge in [-0.1, -0.05) is 37.3 Å². The fourth-order valence-corrected chi connectivity index (χ4v) is 2.92. The molecule has 7 heteroatoms. The summed E-state index contributed by atoms with van der Waals surface area (Å²) in [6.07, 6.45) is 0.866. The van der Waals surface area contributed by atoms with Crippen LogP contribution in [0.3, 0.4) is 0 Å². The van der Waals surface area contributed by atoms with Crippen molar-refractivity contribution in [2.45, 2.75) is 33.4 Å². The Kier molecular flexibility index (Phi) is 13.9. The molecule has 0 aliphatic heterocycles. The highest BCUT2D eigenvalue weighted by atomic mass is 127. The number of ether oxygens (including phenoxy) is 2. The maximum absolute atomic E-state index is 5.79. The number of aliphatic imine (C=N–C) groups is 1. The highest BCUT2D eigenvalue weighted by molar-refractivity contribution is 14.0. The lowest BCUT2D eigenvalue weighted by Crippen LogP contribution is -2.30. The SMILES string of the molecule is CCNC(=NCc1cccc(CN(C)CC)c1)Nc1cccc(OCCCOC)c1.I. The average molecular weight is 540 g/mol. The van der Waals surface area contributed by atoms with Gasteiger partial charge in [0.2, 0.25) is 0 Å². The number of anilines is 1. The molecule has 2 aromatic carbocycles. The standard InChI is InChI=1S/C24H36N4O2.HI/c1-5-25-24(26-18-20-10-7-11-21(16-20)19-28(3)6-2)27-22-12-8-13-23(17-22)30-15-9-14-29-4;/h7-8,10-13,16-17H,5-6,9,14-15,18-19H2,1-4H3,(H2,25,26,27);1H. The number of guanidine groups is 1. The molecule has 0 amide bonds. The van der Waals surface area contributed by atoms with E-state index >= 15 is 0 Å². The van der Waals surface area contributed by atoms with E-state index in [1.54, 1.807) is 7.11 Å². The van der Waals surface area contributed by atoms with Gasteiger partial charge in [-0.15, -0.1) is 24.0 Å². The van der Waals surface area contributed by atoms with Crippen molar-refractivity contribution in [2.24, 2.45) is 4.99 Å². The molecule has 0 saturated carbocycles. The van der Waals surface area contributed by atoms with Gasteiger partial charge in [-0.25, -0.2) is 4.99 Å². The highest BCUT2D eigenvalue weighted by Crippen LogP contribution is 2.17. The van der Waals surface area contributed by atoms with E-state index in [-0.39, 0.29) is 24.0 Å². The minimum Gasteiger partial charge on any atom is -0.493 e. The van der Waals surface area contributed by atoms with Gasteiger partial charge in [0.15, 0.2) is 5.96 Å². The van der Waals surface area contributed by atoms with Gasteiger partial charge in [-0.05, 0) is 43.8 Å². The maximum Gasteiger partial charge on any atom is 0.196 e. The van der Waals surface area contributed by atoms with Gasteiger partial charge in [0.05, 0.1) is 13.2 Å². The van der Waals surface area contributed by atoms with E-state index in [9.17, 15) is 0 Å². The predicted octanol–water partition coefficient (Wildman–Crippen LogP) is 4.75. The zero-order valence-corrected chi connectivity index (χ0v) is 21.5. The first-order chi connectivity index (χ1) is 14.6. The van der Waals surface area contributed by atoms with Crippen molar-refractivity contribution in [1.82, 2.24) is 10.2 Å². The quantitative estimate of drug-likeness (QED) is 0.176. The van der Waals surface area contributed by atoms with Gasteiger partial charge >= 0.3 is 0 Å². The number of nitrogens with zero attached hydrogens (tertiary/aromatic N) is 2. The molecule has 0 unspecified atom stereocenters. The van der Waals surface area contributed by atoms with Crippen LogP contribution in [0, 0.1) is 0 Å². The Morgan fingerprint density at radius 1 is 1.03 bits per heavy atom. The van der Waals surface area contributed by atoms with Crippen LogP contribution in [0.2, 0.25) is 0 Å². The maximum atomic E-state index is 5.79. The number of halogens is 1. The molecule has 2 aromatic rings. The van der Waals surface area contributed by atoms with Gasteiger partial charge in [0.25, 0.3) is 0 Å². The van der Waals surface area contributed by atoms with Gasteiger partial charge in [0.1, 0.15) is 5.75 Å². The molecule has 6 nitrogen and oxygen atoms in total. The normalized spacial score (nSPS) is 11.2. The van der Waals surface area contributed by atoms with Crippen LogP contribution in [0.15, 0.2) is 53.5 Å². The van der Waals surface area contributed by atoms with Crippen molar-refractivity contribution in [3.05, 3.63) is 59.7 Å². The third kappa shape index (κ3) is 10.8. The fraction of sp³-hybridized carbons (Fsp3) is 0.458. The first kappa shape index (κ1) is 27.2. The summed E-state index contributed by atoms with van der Waals surface area (Å²) in [6, 6.07) is 16.6. The average Bonchev–Trinajstić information content (AvgIpc) is 2.76. The lowest BCUT2D eigenvalue weighted by molar-refractivity contribution is 0.172. The smallest absolute Gasteiger partial charge is 0.196 e. The van der Waals surface area contributed by atoms with Crippen molar-refractivity contribution >= 4 is 35.6 Å². The zero-order chi connectivity index (χ0) is 21.6. The van der Waals surface area contributed by atoms with Gasteiger partial charge < -0.3 is 25.0 Å². The molecule has 0 atom stereocenters. The van der Waals surface area contributed by atoms with E-state index in [1.807, 2.05) is 24.3 Å². The molecular formula is C24H37IN4O2. The summed E-state index contributed by atoms with van der Waals surface area (Å²) in [5, 5.41) is 6.68. The summed E-state index contributed by atoms with van der Waals surface area (Å²) in [4.78, 5) is 7.05. The number of hydrogen-bond donors (Lipinski definition) is 2. The van der Waals surface area contributed by atoms with Gasteiger partial charge in [0, 0.05) is 45.0 Å².